The Hall–Kier alpha value is -1.85. The zero-order valence-electron chi connectivity index (χ0n) is 12.5. The number of amides is 1. The highest BCUT2D eigenvalue weighted by molar-refractivity contribution is 5.96. The number of ether oxygens (including phenoxy) is 1. The third kappa shape index (κ3) is 2.51. The van der Waals surface area contributed by atoms with E-state index >= 15 is 0 Å². The molecule has 3 heterocycles. The fourth-order valence-electron chi connectivity index (χ4n) is 3.45. The van der Waals surface area contributed by atoms with Gasteiger partial charge in [-0.05, 0) is 38.1 Å². The molecule has 1 N–H and O–H groups in total. The monoisotopic (exact) mass is 300 g/mol. The van der Waals surface area contributed by atoms with Crippen LogP contribution in [0.4, 0.5) is 0 Å². The van der Waals surface area contributed by atoms with Crippen molar-refractivity contribution < 1.29 is 13.9 Å². The largest absolute Gasteiger partial charge is 0.451 e. The minimum atomic E-state index is -0.157. The molecule has 0 bridgehead atoms. The molecule has 2 atom stereocenters. The van der Waals surface area contributed by atoms with Crippen molar-refractivity contribution in [1.29, 1.82) is 0 Å². The first-order valence-corrected chi connectivity index (χ1v) is 7.92. The molecule has 0 unspecified atom stereocenters. The number of carbonyl (C=O) groups excluding carboxylic acids is 1. The number of nitrogens with one attached hydrogen (secondary N) is 1. The van der Waals surface area contributed by atoms with Crippen LogP contribution in [0.1, 0.15) is 23.4 Å². The van der Waals surface area contributed by atoms with Gasteiger partial charge in [0.15, 0.2) is 5.76 Å². The van der Waals surface area contributed by atoms with E-state index in [1.807, 2.05) is 24.3 Å². The summed E-state index contributed by atoms with van der Waals surface area (Å²) in [6.45, 7) is 3.48. The summed E-state index contributed by atoms with van der Waals surface area (Å²) in [6.07, 6.45) is 2.47. The summed E-state index contributed by atoms with van der Waals surface area (Å²) in [4.78, 5) is 14.9. The summed E-state index contributed by atoms with van der Waals surface area (Å²) in [5.74, 6) is 0.212. The quantitative estimate of drug-likeness (QED) is 0.942. The van der Waals surface area contributed by atoms with Crippen LogP contribution in [-0.2, 0) is 4.74 Å². The van der Waals surface area contributed by atoms with Crippen molar-refractivity contribution in [3.63, 3.8) is 0 Å². The van der Waals surface area contributed by atoms with E-state index in [2.05, 4.69) is 10.2 Å². The second-order valence-corrected chi connectivity index (χ2v) is 6.08. The van der Waals surface area contributed by atoms with E-state index in [9.17, 15) is 4.79 Å². The molecule has 2 aliphatic heterocycles. The number of furan rings is 1. The van der Waals surface area contributed by atoms with Gasteiger partial charge in [0, 0.05) is 5.39 Å². The Morgan fingerprint density at radius 1 is 1.18 bits per heavy atom. The van der Waals surface area contributed by atoms with E-state index in [0.29, 0.717) is 19.0 Å². The molecule has 2 aromatic rings. The Morgan fingerprint density at radius 2 is 2.00 bits per heavy atom. The van der Waals surface area contributed by atoms with Gasteiger partial charge in [-0.15, -0.1) is 0 Å². The molecule has 5 heteroatoms. The van der Waals surface area contributed by atoms with Gasteiger partial charge in [-0.1, -0.05) is 18.2 Å². The summed E-state index contributed by atoms with van der Waals surface area (Å²) >= 11 is 0. The van der Waals surface area contributed by atoms with Crippen LogP contribution in [0.2, 0.25) is 0 Å². The highest BCUT2D eigenvalue weighted by Gasteiger charge is 2.35. The number of carbonyl (C=O) groups is 1. The lowest BCUT2D eigenvalue weighted by atomic mass is 10.1. The third-order valence-electron chi connectivity index (χ3n) is 4.63. The topological polar surface area (TPSA) is 54.7 Å². The lowest BCUT2D eigenvalue weighted by Gasteiger charge is -2.27. The van der Waals surface area contributed by atoms with Crippen molar-refractivity contribution in [2.75, 3.05) is 26.3 Å². The van der Waals surface area contributed by atoms with Crippen LogP contribution in [-0.4, -0.2) is 49.2 Å². The van der Waals surface area contributed by atoms with Crippen molar-refractivity contribution in [2.45, 2.75) is 24.9 Å². The van der Waals surface area contributed by atoms with Gasteiger partial charge in [-0.25, -0.2) is 0 Å². The molecular formula is C17H20N2O3. The molecule has 2 fully saturated rings. The summed E-state index contributed by atoms with van der Waals surface area (Å²) in [6, 6.07) is 9.79. The smallest absolute Gasteiger partial charge is 0.287 e. The van der Waals surface area contributed by atoms with Crippen LogP contribution in [0, 0.1) is 0 Å². The number of rotatable bonds is 3. The van der Waals surface area contributed by atoms with E-state index in [1.54, 1.807) is 6.07 Å². The molecule has 4 rings (SSSR count). The second-order valence-electron chi connectivity index (χ2n) is 6.08. The van der Waals surface area contributed by atoms with Crippen molar-refractivity contribution in [3.05, 3.63) is 36.1 Å². The molecule has 0 radical (unpaired) electrons. The highest BCUT2D eigenvalue weighted by atomic mass is 16.5. The zero-order chi connectivity index (χ0) is 14.9. The second kappa shape index (κ2) is 5.74. The molecule has 1 amide bonds. The van der Waals surface area contributed by atoms with E-state index in [1.165, 1.54) is 12.8 Å². The average molecular weight is 300 g/mol. The van der Waals surface area contributed by atoms with Gasteiger partial charge in [0.05, 0.1) is 25.3 Å². The van der Waals surface area contributed by atoms with E-state index in [0.717, 1.165) is 24.1 Å². The van der Waals surface area contributed by atoms with Crippen molar-refractivity contribution in [1.82, 2.24) is 10.2 Å². The van der Waals surface area contributed by atoms with Crippen LogP contribution in [0.25, 0.3) is 11.0 Å². The molecule has 2 saturated heterocycles. The SMILES string of the molecule is O=C(N[C@@H]1COC[C@H]1N1CCCC1)c1cc2ccccc2o1. The summed E-state index contributed by atoms with van der Waals surface area (Å²) in [5.41, 5.74) is 0.742. The molecule has 22 heavy (non-hydrogen) atoms. The Kier molecular flexibility index (Phi) is 3.60. The van der Waals surface area contributed by atoms with Gasteiger partial charge in [0.1, 0.15) is 5.58 Å². The number of hydrogen-bond donors (Lipinski definition) is 1. The fourth-order valence-corrected chi connectivity index (χ4v) is 3.45. The van der Waals surface area contributed by atoms with Gasteiger partial charge < -0.3 is 14.5 Å². The van der Waals surface area contributed by atoms with Gasteiger partial charge in [-0.3, -0.25) is 9.69 Å². The number of likely N-dealkylation sites (tertiary alicyclic amines) is 1. The highest BCUT2D eigenvalue weighted by Crippen LogP contribution is 2.21. The Morgan fingerprint density at radius 3 is 2.82 bits per heavy atom. The first-order valence-electron chi connectivity index (χ1n) is 7.92. The summed E-state index contributed by atoms with van der Waals surface area (Å²) < 4.78 is 11.2. The molecular weight excluding hydrogens is 280 g/mol. The Labute approximate surface area is 129 Å². The van der Waals surface area contributed by atoms with Gasteiger partial charge in [0.25, 0.3) is 5.91 Å². The average Bonchev–Trinajstić information content (AvgIpc) is 3.26. The number of hydrogen-bond acceptors (Lipinski definition) is 4. The summed E-state index contributed by atoms with van der Waals surface area (Å²) in [5, 5.41) is 4.03. The fraction of sp³-hybridized carbons (Fsp3) is 0.471. The van der Waals surface area contributed by atoms with E-state index < -0.39 is 0 Å². The molecule has 2 aliphatic rings. The van der Waals surface area contributed by atoms with Crippen molar-refractivity contribution in [2.24, 2.45) is 0 Å². The first kappa shape index (κ1) is 13.8. The number of para-hydroxylation sites is 1. The lowest BCUT2D eigenvalue weighted by molar-refractivity contribution is 0.0890. The predicted molar refractivity (Wildman–Crippen MR) is 82.9 cm³/mol. The van der Waals surface area contributed by atoms with Crippen LogP contribution in [0.3, 0.4) is 0 Å². The molecule has 1 aromatic heterocycles. The minimum absolute atomic E-state index is 0.0406. The van der Waals surface area contributed by atoms with E-state index in [4.69, 9.17) is 9.15 Å². The van der Waals surface area contributed by atoms with Crippen LogP contribution >= 0.6 is 0 Å². The molecule has 0 saturated carbocycles. The molecule has 0 spiro atoms. The number of nitrogens with zero attached hydrogens (tertiary/aromatic N) is 1. The summed E-state index contributed by atoms with van der Waals surface area (Å²) in [7, 11) is 0. The van der Waals surface area contributed by atoms with Crippen LogP contribution < -0.4 is 5.32 Å². The van der Waals surface area contributed by atoms with Gasteiger partial charge in [-0.2, -0.15) is 0 Å². The predicted octanol–water partition coefficient (Wildman–Crippen LogP) is 2.03. The van der Waals surface area contributed by atoms with Gasteiger partial charge >= 0.3 is 0 Å². The molecule has 1 aromatic carbocycles. The molecule has 5 nitrogen and oxygen atoms in total. The van der Waals surface area contributed by atoms with Crippen molar-refractivity contribution in [3.8, 4) is 0 Å². The maximum Gasteiger partial charge on any atom is 0.287 e. The molecule has 0 aliphatic carbocycles. The van der Waals surface area contributed by atoms with Crippen LogP contribution in [0.15, 0.2) is 34.7 Å². The Balaban J connectivity index is 1.48. The minimum Gasteiger partial charge on any atom is -0.451 e. The maximum absolute atomic E-state index is 12.5. The number of benzene rings is 1. The zero-order valence-corrected chi connectivity index (χ0v) is 12.5. The number of fused-ring (bicyclic) bond motifs is 1. The maximum atomic E-state index is 12.5. The first-order chi connectivity index (χ1) is 10.8. The normalized spacial score (nSPS) is 25.8. The van der Waals surface area contributed by atoms with Gasteiger partial charge in [0.2, 0.25) is 0 Å². The van der Waals surface area contributed by atoms with Crippen LogP contribution in [0.5, 0.6) is 0 Å². The lowest BCUT2D eigenvalue weighted by Crippen LogP contribution is -2.50. The standard InChI is InChI=1S/C17H20N2O3/c20-17(16-9-12-5-1-2-6-15(12)22-16)18-13-10-21-11-14(13)19-7-3-4-8-19/h1-2,5-6,9,13-14H,3-4,7-8,10-11H2,(H,18,20)/t13-,14-/m1/s1. The molecule has 116 valence electrons. The van der Waals surface area contributed by atoms with E-state index in [-0.39, 0.29) is 18.0 Å². The Bertz CT molecular complexity index is 642. The third-order valence-corrected chi connectivity index (χ3v) is 4.63. The van der Waals surface area contributed by atoms with Crippen molar-refractivity contribution >= 4 is 16.9 Å².